The summed E-state index contributed by atoms with van der Waals surface area (Å²) in [4.78, 5) is 12.3. The summed E-state index contributed by atoms with van der Waals surface area (Å²) in [5.41, 5.74) is 0.393. The van der Waals surface area contributed by atoms with Gasteiger partial charge < -0.3 is 14.5 Å². The van der Waals surface area contributed by atoms with Gasteiger partial charge in [-0.15, -0.1) is 0 Å². The van der Waals surface area contributed by atoms with Gasteiger partial charge in [0.05, 0.1) is 20.8 Å². The molecule has 1 aromatic heterocycles. The van der Waals surface area contributed by atoms with Gasteiger partial charge in [0.25, 0.3) is 5.91 Å². The van der Waals surface area contributed by atoms with Crippen LogP contribution in [-0.2, 0) is 6.61 Å². The minimum Gasteiger partial charge on any atom is -0.484 e. The van der Waals surface area contributed by atoms with Crippen LogP contribution in [0, 0.1) is 0 Å². The Morgan fingerprint density at radius 3 is 2.62 bits per heavy atom. The summed E-state index contributed by atoms with van der Waals surface area (Å²) in [5, 5.41) is 4.17. The zero-order chi connectivity index (χ0) is 18.7. The van der Waals surface area contributed by atoms with Crippen molar-refractivity contribution in [1.82, 2.24) is 0 Å². The number of ether oxygens (including phenoxy) is 1. The highest BCUT2D eigenvalue weighted by molar-refractivity contribution is 6.44. The molecule has 0 unspecified atom stereocenters. The van der Waals surface area contributed by atoms with Crippen LogP contribution in [-0.4, -0.2) is 5.91 Å². The molecule has 0 fully saturated rings. The quantitative estimate of drug-likeness (QED) is 0.488. The van der Waals surface area contributed by atoms with Crippen LogP contribution in [0.15, 0.2) is 52.9 Å². The molecule has 4 nitrogen and oxygen atoms in total. The maximum absolute atomic E-state index is 12.3. The molecule has 1 N–H and O–H groups in total. The normalized spacial score (nSPS) is 10.6. The molecule has 0 spiro atoms. The van der Waals surface area contributed by atoms with Crippen LogP contribution in [0.3, 0.4) is 0 Å². The fraction of sp³-hybridized carbons (Fsp3) is 0.0556. The van der Waals surface area contributed by atoms with Crippen molar-refractivity contribution in [2.75, 3.05) is 5.32 Å². The number of amides is 1. The summed E-state index contributed by atoms with van der Waals surface area (Å²) < 4.78 is 11.1. The van der Waals surface area contributed by atoms with Crippen LogP contribution in [0.2, 0.25) is 20.1 Å². The molecule has 3 aromatic rings. The van der Waals surface area contributed by atoms with Gasteiger partial charge in [-0.2, -0.15) is 0 Å². The van der Waals surface area contributed by atoms with E-state index in [0.29, 0.717) is 32.3 Å². The lowest BCUT2D eigenvalue weighted by atomic mass is 10.3. The topological polar surface area (TPSA) is 51.5 Å². The Labute approximate surface area is 169 Å². The minimum absolute atomic E-state index is 0.0886. The van der Waals surface area contributed by atoms with Crippen molar-refractivity contribution in [3.8, 4) is 5.75 Å². The standard InChI is InChI=1S/C18H11Cl4NO3/c19-10-4-6-12(20)16(8-10)25-9-11-5-7-15(26-11)18(24)23-14-3-1-2-13(21)17(14)22/h1-8H,9H2,(H,23,24). The van der Waals surface area contributed by atoms with E-state index < -0.39 is 5.91 Å². The minimum atomic E-state index is -0.457. The van der Waals surface area contributed by atoms with Gasteiger partial charge in [-0.25, -0.2) is 0 Å². The average molecular weight is 431 g/mol. The number of nitrogens with one attached hydrogen (secondary N) is 1. The average Bonchev–Trinajstić information content (AvgIpc) is 3.09. The molecule has 0 aliphatic heterocycles. The number of hydrogen-bond acceptors (Lipinski definition) is 3. The molecule has 0 saturated carbocycles. The van der Waals surface area contributed by atoms with Gasteiger partial charge in [-0.3, -0.25) is 4.79 Å². The highest BCUT2D eigenvalue weighted by Gasteiger charge is 2.14. The van der Waals surface area contributed by atoms with Crippen molar-refractivity contribution in [2.45, 2.75) is 6.61 Å². The van der Waals surface area contributed by atoms with Gasteiger partial charge in [0, 0.05) is 11.1 Å². The van der Waals surface area contributed by atoms with E-state index in [-0.39, 0.29) is 17.4 Å². The van der Waals surface area contributed by atoms with Gasteiger partial charge >= 0.3 is 0 Å². The predicted molar refractivity (Wildman–Crippen MR) is 104 cm³/mol. The Hall–Kier alpha value is -1.85. The second-order valence-corrected chi connectivity index (χ2v) is 6.81. The first-order valence-electron chi connectivity index (χ1n) is 7.36. The van der Waals surface area contributed by atoms with E-state index in [2.05, 4.69) is 5.32 Å². The fourth-order valence-corrected chi connectivity index (χ4v) is 2.78. The second kappa shape index (κ2) is 8.23. The number of carbonyl (C=O) groups excluding carboxylic acids is 1. The molecule has 1 amide bonds. The molecule has 0 radical (unpaired) electrons. The smallest absolute Gasteiger partial charge is 0.291 e. The molecule has 0 saturated heterocycles. The molecule has 0 atom stereocenters. The van der Waals surface area contributed by atoms with Gasteiger partial charge in [0.15, 0.2) is 5.76 Å². The van der Waals surface area contributed by atoms with E-state index in [1.54, 1.807) is 42.5 Å². The molecule has 8 heteroatoms. The first-order chi connectivity index (χ1) is 12.4. The molecular weight excluding hydrogens is 420 g/mol. The van der Waals surface area contributed by atoms with E-state index in [9.17, 15) is 4.79 Å². The Bertz CT molecular complexity index is 955. The van der Waals surface area contributed by atoms with Crippen molar-refractivity contribution < 1.29 is 13.9 Å². The van der Waals surface area contributed by atoms with Gasteiger partial charge in [-0.1, -0.05) is 52.5 Å². The lowest BCUT2D eigenvalue weighted by Gasteiger charge is -2.07. The molecule has 0 aliphatic rings. The van der Waals surface area contributed by atoms with E-state index in [1.807, 2.05) is 0 Å². The summed E-state index contributed by atoms with van der Waals surface area (Å²) in [6.45, 7) is 0.0886. The monoisotopic (exact) mass is 429 g/mol. The van der Waals surface area contributed by atoms with Crippen LogP contribution in [0.25, 0.3) is 0 Å². The highest BCUT2D eigenvalue weighted by atomic mass is 35.5. The number of benzene rings is 2. The number of rotatable bonds is 5. The third-order valence-corrected chi connectivity index (χ3v) is 4.71. The van der Waals surface area contributed by atoms with Crippen LogP contribution in [0.5, 0.6) is 5.75 Å². The van der Waals surface area contributed by atoms with Gasteiger partial charge in [-0.05, 0) is 36.4 Å². The van der Waals surface area contributed by atoms with E-state index in [0.717, 1.165) is 0 Å². The molecule has 26 heavy (non-hydrogen) atoms. The summed E-state index contributed by atoms with van der Waals surface area (Å²) in [5.74, 6) is 0.522. The van der Waals surface area contributed by atoms with Crippen molar-refractivity contribution in [3.05, 3.63) is 80.1 Å². The van der Waals surface area contributed by atoms with Crippen LogP contribution in [0.1, 0.15) is 16.3 Å². The van der Waals surface area contributed by atoms with Gasteiger partial charge in [0.1, 0.15) is 18.1 Å². The third kappa shape index (κ3) is 4.46. The Morgan fingerprint density at radius 2 is 1.81 bits per heavy atom. The molecular formula is C18H11Cl4NO3. The van der Waals surface area contributed by atoms with E-state index in [4.69, 9.17) is 55.6 Å². The summed E-state index contributed by atoms with van der Waals surface area (Å²) in [7, 11) is 0. The number of carbonyl (C=O) groups is 1. The Kier molecular flexibility index (Phi) is 5.99. The fourth-order valence-electron chi connectivity index (χ4n) is 2.10. The Morgan fingerprint density at radius 1 is 1.00 bits per heavy atom. The number of furan rings is 1. The molecule has 3 rings (SSSR count). The van der Waals surface area contributed by atoms with Crippen molar-refractivity contribution >= 4 is 58.0 Å². The summed E-state index contributed by atoms with van der Waals surface area (Å²) in [6, 6.07) is 13.0. The highest BCUT2D eigenvalue weighted by Crippen LogP contribution is 2.30. The number of halogens is 4. The van der Waals surface area contributed by atoms with Crippen LogP contribution in [0.4, 0.5) is 5.69 Å². The van der Waals surface area contributed by atoms with Crippen molar-refractivity contribution in [1.29, 1.82) is 0 Å². The zero-order valence-electron chi connectivity index (χ0n) is 13.1. The third-order valence-electron chi connectivity index (χ3n) is 3.35. The second-order valence-electron chi connectivity index (χ2n) is 5.18. The molecule has 0 aliphatic carbocycles. The maximum atomic E-state index is 12.3. The van der Waals surface area contributed by atoms with Crippen molar-refractivity contribution in [2.24, 2.45) is 0 Å². The lowest BCUT2D eigenvalue weighted by Crippen LogP contribution is -2.11. The molecule has 1 heterocycles. The first kappa shape index (κ1) is 18.9. The van der Waals surface area contributed by atoms with E-state index >= 15 is 0 Å². The lowest BCUT2D eigenvalue weighted by molar-refractivity contribution is 0.0992. The predicted octanol–water partition coefficient (Wildman–Crippen LogP) is 6.72. The summed E-state index contributed by atoms with van der Waals surface area (Å²) in [6.07, 6.45) is 0. The Balaban J connectivity index is 1.66. The number of hydrogen-bond donors (Lipinski definition) is 1. The number of anilines is 1. The largest absolute Gasteiger partial charge is 0.484 e. The van der Waals surface area contributed by atoms with E-state index in [1.165, 1.54) is 6.07 Å². The molecule has 0 bridgehead atoms. The summed E-state index contributed by atoms with van der Waals surface area (Å²) >= 11 is 23.9. The van der Waals surface area contributed by atoms with Crippen molar-refractivity contribution in [3.63, 3.8) is 0 Å². The van der Waals surface area contributed by atoms with Crippen LogP contribution >= 0.6 is 46.4 Å². The van der Waals surface area contributed by atoms with Crippen LogP contribution < -0.4 is 10.1 Å². The SMILES string of the molecule is O=C(Nc1cccc(Cl)c1Cl)c1ccc(COc2cc(Cl)ccc2Cl)o1. The molecule has 134 valence electrons. The van der Waals surface area contributed by atoms with Gasteiger partial charge in [0.2, 0.25) is 0 Å². The first-order valence-corrected chi connectivity index (χ1v) is 8.87. The maximum Gasteiger partial charge on any atom is 0.291 e. The molecule has 2 aromatic carbocycles. The zero-order valence-corrected chi connectivity index (χ0v) is 16.1.